The topological polar surface area (TPSA) is 69.7 Å². The van der Waals surface area contributed by atoms with Gasteiger partial charge >= 0.3 is 0 Å². The molecule has 2 aromatic carbocycles. The Morgan fingerprint density at radius 3 is 2.48 bits per heavy atom. The van der Waals surface area contributed by atoms with E-state index in [2.05, 4.69) is 10.2 Å². The fraction of sp³-hybridized carbons (Fsp3) is 0.316. The van der Waals surface area contributed by atoms with Gasteiger partial charge in [0, 0.05) is 42.5 Å². The Kier molecular flexibility index (Phi) is 5.86. The van der Waals surface area contributed by atoms with Crippen LogP contribution in [0, 0.1) is 6.92 Å². The maximum Gasteiger partial charge on any atom is 0.255 e. The Morgan fingerprint density at radius 2 is 1.78 bits per heavy atom. The summed E-state index contributed by atoms with van der Waals surface area (Å²) in [5, 5.41) is 3.31. The van der Waals surface area contributed by atoms with Crippen LogP contribution in [0.3, 0.4) is 0 Å². The molecule has 0 radical (unpaired) electrons. The Hall–Kier alpha value is -1.93. The maximum absolute atomic E-state index is 12.9. The van der Waals surface area contributed by atoms with Gasteiger partial charge in [0.25, 0.3) is 5.91 Å². The highest BCUT2D eigenvalue weighted by atomic mass is 35.5. The number of nitrogens with zero attached hydrogens (tertiary/aromatic N) is 2. The second kappa shape index (κ2) is 7.98. The average molecular weight is 408 g/mol. The number of benzene rings is 2. The standard InChI is InChI=1S/C19H22ClN3O3S/c1-14-6-7-16(20)13-18(14)21-19(24)15-4-3-5-17(12-15)27(25,26)23-10-8-22(2)9-11-23/h3-7,12-13H,8-11H2,1-2H3,(H,21,24). The minimum atomic E-state index is -3.62. The molecule has 6 nitrogen and oxygen atoms in total. The van der Waals surface area contributed by atoms with Crippen molar-refractivity contribution < 1.29 is 13.2 Å². The Morgan fingerprint density at radius 1 is 1.07 bits per heavy atom. The summed E-state index contributed by atoms with van der Waals surface area (Å²) in [6, 6.07) is 11.3. The van der Waals surface area contributed by atoms with Gasteiger partial charge in [-0.2, -0.15) is 4.31 Å². The van der Waals surface area contributed by atoms with Crippen LogP contribution in [0.5, 0.6) is 0 Å². The van der Waals surface area contributed by atoms with Gasteiger partial charge in [0.15, 0.2) is 0 Å². The van der Waals surface area contributed by atoms with Gasteiger partial charge in [0.2, 0.25) is 10.0 Å². The summed E-state index contributed by atoms with van der Waals surface area (Å²) < 4.78 is 27.2. The number of piperazine rings is 1. The van der Waals surface area contributed by atoms with Crippen molar-refractivity contribution in [2.45, 2.75) is 11.8 Å². The van der Waals surface area contributed by atoms with Crippen LogP contribution in [0.2, 0.25) is 5.02 Å². The van der Waals surface area contributed by atoms with Crippen molar-refractivity contribution in [2.24, 2.45) is 0 Å². The van der Waals surface area contributed by atoms with Crippen LogP contribution >= 0.6 is 11.6 Å². The molecule has 27 heavy (non-hydrogen) atoms. The molecule has 0 spiro atoms. The molecule has 0 aliphatic carbocycles. The molecule has 1 fully saturated rings. The maximum atomic E-state index is 12.9. The lowest BCUT2D eigenvalue weighted by molar-refractivity contribution is 0.102. The molecule has 1 aliphatic heterocycles. The Labute approximate surface area is 164 Å². The largest absolute Gasteiger partial charge is 0.322 e. The molecule has 1 heterocycles. The van der Waals surface area contributed by atoms with Crippen molar-refractivity contribution >= 4 is 33.2 Å². The molecule has 1 aliphatic rings. The van der Waals surface area contributed by atoms with Gasteiger partial charge < -0.3 is 10.2 Å². The quantitative estimate of drug-likeness (QED) is 0.846. The van der Waals surface area contributed by atoms with Gasteiger partial charge in [-0.15, -0.1) is 0 Å². The van der Waals surface area contributed by atoms with Gasteiger partial charge in [0.05, 0.1) is 4.90 Å². The third-order valence-electron chi connectivity index (χ3n) is 4.64. The monoisotopic (exact) mass is 407 g/mol. The predicted octanol–water partition coefficient (Wildman–Crippen LogP) is 2.84. The zero-order valence-electron chi connectivity index (χ0n) is 15.3. The number of nitrogens with one attached hydrogen (secondary N) is 1. The summed E-state index contributed by atoms with van der Waals surface area (Å²) in [6.07, 6.45) is 0. The molecule has 0 atom stereocenters. The molecule has 0 saturated carbocycles. The predicted molar refractivity (Wildman–Crippen MR) is 107 cm³/mol. The van der Waals surface area contributed by atoms with E-state index in [0.717, 1.165) is 5.56 Å². The van der Waals surface area contributed by atoms with Crippen molar-refractivity contribution in [1.29, 1.82) is 0 Å². The van der Waals surface area contributed by atoms with Crippen LogP contribution < -0.4 is 5.32 Å². The first-order chi connectivity index (χ1) is 12.8. The van der Waals surface area contributed by atoms with Crippen molar-refractivity contribution in [2.75, 3.05) is 38.5 Å². The normalized spacial score (nSPS) is 16.3. The summed E-state index contributed by atoms with van der Waals surface area (Å²) in [5.74, 6) is -0.379. The van der Waals surface area contributed by atoms with E-state index in [1.165, 1.54) is 16.4 Å². The number of halogens is 1. The van der Waals surface area contributed by atoms with E-state index in [4.69, 9.17) is 11.6 Å². The van der Waals surface area contributed by atoms with Crippen LogP contribution in [-0.2, 0) is 10.0 Å². The van der Waals surface area contributed by atoms with E-state index in [1.807, 2.05) is 20.0 Å². The number of sulfonamides is 1. The highest BCUT2D eigenvalue weighted by Gasteiger charge is 2.28. The number of carbonyl (C=O) groups excluding carboxylic acids is 1. The molecule has 0 bridgehead atoms. The lowest BCUT2D eigenvalue weighted by atomic mass is 10.1. The molecule has 0 unspecified atom stereocenters. The molecular formula is C19H22ClN3O3S. The smallest absolute Gasteiger partial charge is 0.255 e. The number of hydrogen-bond donors (Lipinski definition) is 1. The second-order valence-electron chi connectivity index (χ2n) is 6.65. The Bertz CT molecular complexity index is 954. The van der Waals surface area contributed by atoms with E-state index < -0.39 is 10.0 Å². The lowest BCUT2D eigenvalue weighted by Crippen LogP contribution is -2.47. The van der Waals surface area contributed by atoms with Gasteiger partial charge in [0.1, 0.15) is 0 Å². The SMILES string of the molecule is Cc1ccc(Cl)cc1NC(=O)c1cccc(S(=O)(=O)N2CCN(C)CC2)c1. The van der Waals surface area contributed by atoms with E-state index in [9.17, 15) is 13.2 Å². The molecule has 8 heteroatoms. The fourth-order valence-corrected chi connectivity index (χ4v) is 4.54. The van der Waals surface area contributed by atoms with Crippen molar-refractivity contribution in [3.8, 4) is 0 Å². The number of hydrogen-bond acceptors (Lipinski definition) is 4. The van der Waals surface area contributed by atoms with Crippen LogP contribution in [0.4, 0.5) is 5.69 Å². The van der Waals surface area contributed by atoms with E-state index >= 15 is 0 Å². The molecule has 3 rings (SSSR count). The third kappa shape index (κ3) is 4.50. The molecule has 1 amide bonds. The third-order valence-corrected chi connectivity index (χ3v) is 6.77. The molecule has 2 aromatic rings. The van der Waals surface area contributed by atoms with Crippen molar-refractivity contribution in [1.82, 2.24) is 9.21 Å². The van der Waals surface area contributed by atoms with E-state index in [0.29, 0.717) is 36.9 Å². The number of carbonyl (C=O) groups is 1. The van der Waals surface area contributed by atoms with E-state index in [-0.39, 0.29) is 16.4 Å². The van der Waals surface area contributed by atoms with Gasteiger partial charge in [-0.05, 0) is 49.9 Å². The minimum Gasteiger partial charge on any atom is -0.322 e. The van der Waals surface area contributed by atoms with Gasteiger partial charge in [-0.25, -0.2) is 8.42 Å². The lowest BCUT2D eigenvalue weighted by Gasteiger charge is -2.31. The Balaban J connectivity index is 1.82. The summed E-state index contributed by atoms with van der Waals surface area (Å²) in [6.45, 7) is 4.12. The summed E-state index contributed by atoms with van der Waals surface area (Å²) in [5.41, 5.74) is 1.75. The van der Waals surface area contributed by atoms with Crippen LogP contribution in [0.1, 0.15) is 15.9 Å². The summed E-state index contributed by atoms with van der Waals surface area (Å²) in [7, 11) is -1.66. The van der Waals surface area contributed by atoms with Crippen LogP contribution in [0.25, 0.3) is 0 Å². The minimum absolute atomic E-state index is 0.127. The zero-order chi connectivity index (χ0) is 19.6. The molecule has 0 aromatic heterocycles. The van der Waals surface area contributed by atoms with Crippen LogP contribution in [-0.4, -0.2) is 56.8 Å². The van der Waals surface area contributed by atoms with Crippen LogP contribution in [0.15, 0.2) is 47.4 Å². The van der Waals surface area contributed by atoms with Gasteiger partial charge in [-0.1, -0.05) is 23.7 Å². The highest BCUT2D eigenvalue weighted by molar-refractivity contribution is 7.89. The number of likely N-dealkylation sites (N-methyl/N-ethyl adjacent to an activating group) is 1. The highest BCUT2D eigenvalue weighted by Crippen LogP contribution is 2.22. The number of anilines is 1. The van der Waals surface area contributed by atoms with Gasteiger partial charge in [-0.3, -0.25) is 4.79 Å². The first-order valence-electron chi connectivity index (χ1n) is 8.63. The van der Waals surface area contributed by atoms with E-state index in [1.54, 1.807) is 24.3 Å². The zero-order valence-corrected chi connectivity index (χ0v) is 16.8. The average Bonchev–Trinajstić information content (AvgIpc) is 2.65. The second-order valence-corrected chi connectivity index (χ2v) is 9.02. The first-order valence-corrected chi connectivity index (χ1v) is 10.5. The fourth-order valence-electron chi connectivity index (χ4n) is 2.90. The molecular weight excluding hydrogens is 386 g/mol. The van der Waals surface area contributed by atoms with Crippen molar-refractivity contribution in [3.05, 3.63) is 58.6 Å². The summed E-state index contributed by atoms with van der Waals surface area (Å²) in [4.78, 5) is 14.8. The van der Waals surface area contributed by atoms with Crippen molar-refractivity contribution in [3.63, 3.8) is 0 Å². The number of rotatable bonds is 4. The number of aryl methyl sites for hydroxylation is 1. The molecule has 1 N–H and O–H groups in total. The molecule has 1 saturated heterocycles. The first kappa shape index (κ1) is 19.8. The summed E-state index contributed by atoms with van der Waals surface area (Å²) >= 11 is 5.99. The number of amides is 1. The molecule has 144 valence electrons.